The first-order valence-electron chi connectivity index (χ1n) is 8.88. The number of aryl methyl sites for hydroxylation is 2. The van der Waals surface area contributed by atoms with Crippen LogP contribution in [0.1, 0.15) is 90.3 Å². The highest BCUT2D eigenvalue weighted by Gasteiger charge is 2.00. The van der Waals surface area contributed by atoms with Crippen LogP contribution in [0.25, 0.3) is 0 Å². The Morgan fingerprint density at radius 1 is 0.800 bits per heavy atom. The fraction of sp³-hybridized carbons (Fsp3) is 0.833. The van der Waals surface area contributed by atoms with E-state index in [1.165, 1.54) is 76.5 Å². The van der Waals surface area contributed by atoms with Gasteiger partial charge in [0.05, 0.1) is 0 Å². The van der Waals surface area contributed by atoms with Gasteiger partial charge in [0.1, 0.15) is 5.82 Å². The normalized spacial score (nSPS) is 11.1. The van der Waals surface area contributed by atoms with Crippen molar-refractivity contribution in [2.24, 2.45) is 0 Å². The lowest BCUT2D eigenvalue weighted by atomic mass is 10.1. The van der Waals surface area contributed by atoms with Crippen molar-refractivity contribution in [1.29, 1.82) is 0 Å². The van der Waals surface area contributed by atoms with Crippen LogP contribution in [0.3, 0.4) is 0 Å². The Morgan fingerprint density at radius 2 is 1.40 bits per heavy atom. The van der Waals surface area contributed by atoms with Crippen molar-refractivity contribution >= 4 is 0 Å². The van der Waals surface area contributed by atoms with E-state index in [-0.39, 0.29) is 0 Å². The highest BCUT2D eigenvalue weighted by Crippen LogP contribution is 2.11. The molecule has 0 unspecified atom stereocenters. The van der Waals surface area contributed by atoms with Crippen LogP contribution in [0.15, 0.2) is 12.4 Å². The van der Waals surface area contributed by atoms with Crippen LogP contribution in [-0.2, 0) is 13.0 Å². The molecule has 0 aliphatic carbocycles. The smallest absolute Gasteiger partial charge is 0.108 e. The molecule has 0 saturated carbocycles. The lowest BCUT2D eigenvalue weighted by Gasteiger charge is -2.07. The number of unbranched alkanes of at least 4 members (excludes halogenated alkanes) is 9. The van der Waals surface area contributed by atoms with Gasteiger partial charge in [0.25, 0.3) is 0 Å². The summed E-state index contributed by atoms with van der Waals surface area (Å²) in [5, 5.41) is 0. The zero-order chi connectivity index (χ0) is 14.5. The fourth-order valence-corrected chi connectivity index (χ4v) is 2.76. The summed E-state index contributed by atoms with van der Waals surface area (Å²) in [7, 11) is 0. The SMILES string of the molecule is CCCCCCCCCCCCn1ccnc1CCC. The monoisotopic (exact) mass is 278 g/mol. The molecule has 1 heterocycles. The number of nitrogens with zero attached hydrogens (tertiary/aromatic N) is 2. The molecular formula is C18H34N2. The van der Waals surface area contributed by atoms with E-state index in [4.69, 9.17) is 0 Å². The van der Waals surface area contributed by atoms with Crippen molar-refractivity contribution in [2.75, 3.05) is 0 Å². The van der Waals surface area contributed by atoms with Crippen LogP contribution in [0.2, 0.25) is 0 Å². The van der Waals surface area contributed by atoms with E-state index in [0.717, 1.165) is 13.0 Å². The number of aromatic nitrogens is 2. The minimum Gasteiger partial charge on any atom is -0.335 e. The second-order valence-corrected chi connectivity index (χ2v) is 5.97. The molecule has 0 aromatic carbocycles. The second kappa shape index (κ2) is 12.0. The first-order chi connectivity index (χ1) is 9.88. The maximum atomic E-state index is 4.43. The topological polar surface area (TPSA) is 17.8 Å². The third kappa shape index (κ3) is 7.72. The van der Waals surface area contributed by atoms with Gasteiger partial charge in [-0.1, -0.05) is 71.6 Å². The van der Waals surface area contributed by atoms with E-state index in [1.807, 2.05) is 6.20 Å². The molecule has 1 aromatic heterocycles. The average Bonchev–Trinajstić information content (AvgIpc) is 2.89. The van der Waals surface area contributed by atoms with Gasteiger partial charge in [-0.15, -0.1) is 0 Å². The van der Waals surface area contributed by atoms with Gasteiger partial charge in [-0.25, -0.2) is 4.98 Å². The number of hydrogen-bond donors (Lipinski definition) is 0. The van der Waals surface area contributed by atoms with Gasteiger partial charge in [0.2, 0.25) is 0 Å². The minimum absolute atomic E-state index is 1.12. The summed E-state index contributed by atoms with van der Waals surface area (Å²) < 4.78 is 2.34. The number of imidazole rings is 1. The Bertz CT molecular complexity index is 317. The maximum absolute atomic E-state index is 4.43. The molecule has 0 bridgehead atoms. The van der Waals surface area contributed by atoms with Crippen molar-refractivity contribution in [3.05, 3.63) is 18.2 Å². The van der Waals surface area contributed by atoms with Crippen LogP contribution >= 0.6 is 0 Å². The summed E-state index contributed by atoms with van der Waals surface area (Å²) in [6, 6.07) is 0. The largest absolute Gasteiger partial charge is 0.335 e. The third-order valence-corrected chi connectivity index (χ3v) is 4.03. The average molecular weight is 278 g/mol. The molecule has 0 atom stereocenters. The molecule has 0 aliphatic rings. The van der Waals surface area contributed by atoms with E-state index >= 15 is 0 Å². The Kier molecular flexibility index (Phi) is 10.3. The molecule has 20 heavy (non-hydrogen) atoms. The number of rotatable bonds is 13. The summed E-state index contributed by atoms with van der Waals surface area (Å²) in [6.07, 6.45) is 20.5. The molecule has 1 rings (SSSR count). The van der Waals surface area contributed by atoms with Crippen molar-refractivity contribution in [2.45, 2.75) is 97.4 Å². The summed E-state index contributed by atoms with van der Waals surface area (Å²) in [5.74, 6) is 1.27. The van der Waals surface area contributed by atoms with E-state index in [9.17, 15) is 0 Å². The van der Waals surface area contributed by atoms with Crippen LogP contribution in [0.4, 0.5) is 0 Å². The lowest BCUT2D eigenvalue weighted by molar-refractivity contribution is 0.527. The minimum atomic E-state index is 1.12. The van der Waals surface area contributed by atoms with Gasteiger partial charge in [0, 0.05) is 25.4 Å². The second-order valence-electron chi connectivity index (χ2n) is 5.97. The van der Waals surface area contributed by atoms with Crippen molar-refractivity contribution < 1.29 is 0 Å². The highest BCUT2D eigenvalue weighted by atomic mass is 15.1. The molecule has 0 saturated heterocycles. The zero-order valence-corrected chi connectivity index (χ0v) is 13.7. The standard InChI is InChI=1S/C18H34N2/c1-3-5-6-7-8-9-10-11-12-13-16-20-17-15-19-18(20)14-4-2/h15,17H,3-14,16H2,1-2H3. The van der Waals surface area contributed by atoms with Gasteiger partial charge < -0.3 is 4.57 Å². The molecule has 0 amide bonds. The Morgan fingerprint density at radius 3 is 2.00 bits per heavy atom. The van der Waals surface area contributed by atoms with Gasteiger partial charge in [0.15, 0.2) is 0 Å². The predicted octanol–water partition coefficient (Wildman–Crippen LogP) is 5.76. The lowest BCUT2D eigenvalue weighted by Crippen LogP contribution is -2.03. The van der Waals surface area contributed by atoms with E-state index < -0.39 is 0 Å². The first kappa shape index (κ1) is 17.3. The summed E-state index contributed by atoms with van der Waals surface area (Å²) in [4.78, 5) is 4.43. The van der Waals surface area contributed by atoms with Gasteiger partial charge in [-0.3, -0.25) is 0 Å². The molecule has 116 valence electrons. The van der Waals surface area contributed by atoms with Crippen molar-refractivity contribution in [1.82, 2.24) is 9.55 Å². The zero-order valence-electron chi connectivity index (χ0n) is 13.7. The van der Waals surface area contributed by atoms with Gasteiger partial charge in [-0.2, -0.15) is 0 Å². The quantitative estimate of drug-likeness (QED) is 0.420. The van der Waals surface area contributed by atoms with Crippen LogP contribution in [0.5, 0.6) is 0 Å². The highest BCUT2D eigenvalue weighted by molar-refractivity contribution is 4.92. The molecule has 0 aliphatic heterocycles. The molecule has 2 heteroatoms. The molecule has 0 N–H and O–H groups in total. The molecule has 0 radical (unpaired) electrons. The van der Waals surface area contributed by atoms with Crippen molar-refractivity contribution in [3.63, 3.8) is 0 Å². The summed E-state index contributed by atoms with van der Waals surface area (Å²) >= 11 is 0. The Hall–Kier alpha value is -0.790. The number of hydrogen-bond acceptors (Lipinski definition) is 1. The van der Waals surface area contributed by atoms with Crippen LogP contribution < -0.4 is 0 Å². The molecule has 0 spiro atoms. The van der Waals surface area contributed by atoms with Gasteiger partial charge in [-0.05, 0) is 12.8 Å². The van der Waals surface area contributed by atoms with Crippen LogP contribution in [-0.4, -0.2) is 9.55 Å². The van der Waals surface area contributed by atoms with E-state index in [2.05, 4.69) is 29.6 Å². The maximum Gasteiger partial charge on any atom is 0.108 e. The molecule has 0 fully saturated rings. The Labute approximate surface area is 126 Å². The summed E-state index contributed by atoms with van der Waals surface area (Å²) in [6.45, 7) is 5.66. The Balaban J connectivity index is 1.93. The van der Waals surface area contributed by atoms with Crippen molar-refractivity contribution in [3.8, 4) is 0 Å². The predicted molar refractivity (Wildman–Crippen MR) is 88.1 cm³/mol. The van der Waals surface area contributed by atoms with E-state index in [0.29, 0.717) is 0 Å². The van der Waals surface area contributed by atoms with E-state index in [1.54, 1.807) is 0 Å². The molecule has 2 nitrogen and oxygen atoms in total. The molecular weight excluding hydrogens is 244 g/mol. The first-order valence-corrected chi connectivity index (χ1v) is 8.88. The summed E-state index contributed by atoms with van der Waals surface area (Å²) in [5.41, 5.74) is 0. The molecule has 1 aromatic rings. The van der Waals surface area contributed by atoms with Crippen LogP contribution in [0, 0.1) is 0 Å². The van der Waals surface area contributed by atoms with Gasteiger partial charge >= 0.3 is 0 Å². The third-order valence-electron chi connectivity index (χ3n) is 4.03. The fourth-order valence-electron chi connectivity index (χ4n) is 2.76.